The van der Waals surface area contributed by atoms with Crippen molar-refractivity contribution < 1.29 is 14.6 Å². The first kappa shape index (κ1) is 27.8. The van der Waals surface area contributed by atoms with Crippen LogP contribution in [0.5, 0.6) is 5.75 Å². The number of ether oxygens (including phenoxy) is 1. The van der Waals surface area contributed by atoms with Gasteiger partial charge in [0.2, 0.25) is 5.60 Å². The van der Waals surface area contributed by atoms with Crippen molar-refractivity contribution in [2.24, 2.45) is 0 Å². The lowest BCUT2D eigenvalue weighted by atomic mass is 9.86. The van der Waals surface area contributed by atoms with Gasteiger partial charge in [-0.3, -0.25) is 4.98 Å². The van der Waals surface area contributed by atoms with Crippen LogP contribution in [-0.2, 0) is 10.4 Å². The van der Waals surface area contributed by atoms with Crippen LogP contribution in [0.2, 0.25) is 0 Å². The molecule has 0 aliphatic heterocycles. The van der Waals surface area contributed by atoms with Crippen molar-refractivity contribution in [2.45, 2.75) is 5.60 Å². The molecule has 0 spiro atoms. The van der Waals surface area contributed by atoms with Crippen LogP contribution in [0, 0.1) is 0 Å². The number of esters is 1. The van der Waals surface area contributed by atoms with Gasteiger partial charge in [0, 0.05) is 22.5 Å². The average molecular weight is 616 g/mol. The number of pyridine rings is 2. The van der Waals surface area contributed by atoms with Crippen LogP contribution < -0.4 is 4.74 Å². The predicted molar refractivity (Wildman–Crippen MR) is 183 cm³/mol. The van der Waals surface area contributed by atoms with Gasteiger partial charge in [0.25, 0.3) is 0 Å². The predicted octanol–water partition coefficient (Wildman–Crippen LogP) is 8.57. The molecule has 3 heterocycles. The number of para-hydroxylation sites is 1. The largest absolute Gasteiger partial charge is 0.423 e. The van der Waals surface area contributed by atoms with Crippen LogP contribution in [-0.4, -0.2) is 26.0 Å². The molecule has 0 radical (unpaired) electrons. The molecule has 0 fully saturated rings. The fourth-order valence-corrected chi connectivity index (χ4v) is 6.74. The molecule has 3 aromatic heterocycles. The monoisotopic (exact) mass is 615 g/mol. The van der Waals surface area contributed by atoms with E-state index in [4.69, 9.17) is 14.7 Å². The topological polar surface area (TPSA) is 85.2 Å². The van der Waals surface area contributed by atoms with E-state index in [2.05, 4.69) is 4.98 Å². The zero-order valence-corrected chi connectivity index (χ0v) is 25.2. The molecular weight excluding hydrogens is 591 g/mol. The Morgan fingerprint density at radius 2 is 1.35 bits per heavy atom. The first-order valence-corrected chi connectivity index (χ1v) is 15.6. The third kappa shape index (κ3) is 4.79. The lowest BCUT2D eigenvalue weighted by Crippen LogP contribution is -2.40. The second-order valence-electron chi connectivity index (χ2n) is 10.9. The highest BCUT2D eigenvalue weighted by atomic mass is 32.1. The molecule has 46 heavy (non-hydrogen) atoms. The Kier molecular flexibility index (Phi) is 6.82. The molecular formula is C39H25N3O3S. The Labute approximate surface area is 268 Å². The van der Waals surface area contributed by atoms with Crippen LogP contribution >= 0.6 is 11.3 Å². The van der Waals surface area contributed by atoms with Gasteiger partial charge in [0.15, 0.2) is 0 Å². The first-order valence-electron chi connectivity index (χ1n) is 14.8. The molecule has 220 valence electrons. The summed E-state index contributed by atoms with van der Waals surface area (Å²) < 4.78 is 7.14. The number of aromatic nitrogens is 3. The maximum atomic E-state index is 14.1. The third-order valence-corrected chi connectivity index (χ3v) is 9.18. The zero-order valence-electron chi connectivity index (χ0n) is 24.4. The minimum atomic E-state index is -2.04. The van der Waals surface area contributed by atoms with Crippen molar-refractivity contribution in [1.29, 1.82) is 0 Å². The molecule has 0 aliphatic rings. The molecule has 7 heteroatoms. The number of nitrogens with zero attached hydrogens (tertiary/aromatic N) is 3. The maximum absolute atomic E-state index is 14.1. The minimum absolute atomic E-state index is 0.283. The molecule has 0 unspecified atom stereocenters. The number of thiazole rings is 1. The average Bonchev–Trinajstić information content (AvgIpc) is 3.56. The summed E-state index contributed by atoms with van der Waals surface area (Å²) in [7, 11) is 0. The molecule has 0 amide bonds. The quantitative estimate of drug-likeness (QED) is 0.115. The fraction of sp³-hybridized carbons (Fsp3) is 0.0256. The Morgan fingerprint density at radius 3 is 2.09 bits per heavy atom. The van der Waals surface area contributed by atoms with E-state index >= 15 is 0 Å². The Balaban J connectivity index is 1.27. The van der Waals surface area contributed by atoms with E-state index in [1.165, 1.54) is 11.3 Å². The van der Waals surface area contributed by atoms with E-state index in [0.29, 0.717) is 21.7 Å². The summed E-state index contributed by atoms with van der Waals surface area (Å²) in [6, 6.07) is 43.2. The molecule has 6 nitrogen and oxygen atoms in total. The zero-order chi connectivity index (χ0) is 31.1. The number of hydrogen-bond acceptors (Lipinski definition) is 7. The Morgan fingerprint density at radius 1 is 0.674 bits per heavy atom. The number of fused-ring (bicyclic) bond motifs is 4. The molecule has 1 N–H and O–H groups in total. The maximum Gasteiger partial charge on any atom is 0.353 e. The summed E-state index contributed by atoms with van der Waals surface area (Å²) in [5.74, 6) is -0.535. The second-order valence-corrected chi connectivity index (χ2v) is 12.0. The number of benzene rings is 5. The first-order chi connectivity index (χ1) is 22.6. The summed E-state index contributed by atoms with van der Waals surface area (Å²) in [6.07, 6.45) is 1.77. The highest BCUT2D eigenvalue weighted by Gasteiger charge is 2.42. The summed E-state index contributed by atoms with van der Waals surface area (Å²) in [6.45, 7) is 0. The van der Waals surface area contributed by atoms with E-state index in [1.54, 1.807) is 60.8 Å². The number of carbonyl (C=O) groups is 1. The Bertz CT molecular complexity index is 2320. The lowest BCUT2D eigenvalue weighted by molar-refractivity contribution is -0.151. The van der Waals surface area contributed by atoms with Gasteiger partial charge in [-0.05, 0) is 53.6 Å². The van der Waals surface area contributed by atoms with Gasteiger partial charge in [0.05, 0.1) is 32.5 Å². The molecule has 0 aliphatic carbocycles. The van der Waals surface area contributed by atoms with E-state index in [9.17, 15) is 9.90 Å². The fourth-order valence-electron chi connectivity index (χ4n) is 5.75. The van der Waals surface area contributed by atoms with E-state index in [0.717, 1.165) is 43.3 Å². The standard InChI is InChI=1S/C39H25N3O3S/c43-38(39(44,28-11-3-1-4-12-28)29-13-5-2-6-14-29)45-33-22-20-27(24-30(33)37-42-32-15-7-8-16-34(32)46-37)31-21-19-26-18-17-25-10-9-23-40-35(25)36(26)41-31/h1-24,44H. The van der Waals surface area contributed by atoms with Gasteiger partial charge in [-0.2, -0.15) is 0 Å². The smallest absolute Gasteiger partial charge is 0.353 e. The van der Waals surface area contributed by atoms with Gasteiger partial charge in [-0.1, -0.05) is 97.1 Å². The second kappa shape index (κ2) is 11.3. The number of hydrogen-bond donors (Lipinski definition) is 1. The molecule has 0 bridgehead atoms. The van der Waals surface area contributed by atoms with Crippen molar-refractivity contribution in [3.8, 4) is 27.6 Å². The van der Waals surface area contributed by atoms with Crippen LogP contribution in [0.15, 0.2) is 146 Å². The van der Waals surface area contributed by atoms with Gasteiger partial charge in [0.1, 0.15) is 10.8 Å². The highest BCUT2D eigenvalue weighted by molar-refractivity contribution is 7.21. The van der Waals surface area contributed by atoms with Crippen LogP contribution in [0.1, 0.15) is 11.1 Å². The van der Waals surface area contributed by atoms with Crippen molar-refractivity contribution in [3.63, 3.8) is 0 Å². The van der Waals surface area contributed by atoms with Crippen molar-refractivity contribution in [1.82, 2.24) is 15.0 Å². The van der Waals surface area contributed by atoms with E-state index < -0.39 is 11.6 Å². The van der Waals surface area contributed by atoms with Crippen LogP contribution in [0.25, 0.3) is 53.9 Å². The van der Waals surface area contributed by atoms with Gasteiger partial charge in [-0.15, -0.1) is 11.3 Å². The molecule has 0 atom stereocenters. The molecule has 0 saturated heterocycles. The molecule has 5 aromatic carbocycles. The Hall–Kier alpha value is -5.76. The third-order valence-electron chi connectivity index (χ3n) is 8.11. The summed E-state index contributed by atoms with van der Waals surface area (Å²) in [4.78, 5) is 28.6. The number of aliphatic hydroxyl groups is 1. The van der Waals surface area contributed by atoms with Crippen molar-refractivity contribution in [2.75, 3.05) is 0 Å². The molecule has 0 saturated carbocycles. The normalized spacial score (nSPS) is 11.7. The summed E-state index contributed by atoms with van der Waals surface area (Å²) in [5, 5.41) is 14.8. The van der Waals surface area contributed by atoms with Gasteiger partial charge in [-0.25, -0.2) is 14.8 Å². The lowest BCUT2D eigenvalue weighted by Gasteiger charge is -2.27. The van der Waals surface area contributed by atoms with Crippen LogP contribution in [0.4, 0.5) is 0 Å². The molecule has 8 aromatic rings. The number of rotatable bonds is 6. The molecule has 8 rings (SSSR count). The van der Waals surface area contributed by atoms with E-state index in [-0.39, 0.29) is 5.75 Å². The SMILES string of the molecule is O=C(Oc1ccc(-c2ccc3ccc4cccnc4c3n2)cc1-c1nc2ccccc2s1)C(O)(c1ccccc1)c1ccccc1. The number of carbonyl (C=O) groups excluding carboxylic acids is 1. The van der Waals surface area contributed by atoms with E-state index in [1.807, 2.05) is 84.9 Å². The van der Waals surface area contributed by atoms with Crippen molar-refractivity contribution in [3.05, 3.63) is 157 Å². The van der Waals surface area contributed by atoms with Crippen LogP contribution in [0.3, 0.4) is 0 Å². The summed E-state index contributed by atoms with van der Waals surface area (Å²) >= 11 is 1.50. The summed E-state index contributed by atoms with van der Waals surface area (Å²) in [5.41, 5.74) is 3.45. The van der Waals surface area contributed by atoms with Crippen molar-refractivity contribution >= 4 is 49.3 Å². The van der Waals surface area contributed by atoms with Gasteiger partial charge >= 0.3 is 5.97 Å². The minimum Gasteiger partial charge on any atom is -0.423 e. The van der Waals surface area contributed by atoms with Gasteiger partial charge < -0.3 is 9.84 Å². The highest BCUT2D eigenvalue weighted by Crippen LogP contribution is 2.40.